The Morgan fingerprint density at radius 3 is 2.86 bits per heavy atom. The van der Waals surface area contributed by atoms with Gasteiger partial charge in [-0.2, -0.15) is 11.8 Å². The minimum absolute atomic E-state index is 0.0384. The first-order chi connectivity index (χ1) is 10.2. The minimum Gasteiger partial charge on any atom is -0.489 e. The topological polar surface area (TPSA) is 18.5 Å². The molecule has 0 aromatic heterocycles. The van der Waals surface area contributed by atoms with Crippen molar-refractivity contribution in [2.75, 3.05) is 18.1 Å². The molecule has 21 heavy (non-hydrogen) atoms. The molecule has 0 amide bonds. The van der Waals surface area contributed by atoms with E-state index in [2.05, 4.69) is 0 Å². The van der Waals surface area contributed by atoms with Crippen molar-refractivity contribution in [2.45, 2.75) is 43.3 Å². The van der Waals surface area contributed by atoms with Gasteiger partial charge in [0, 0.05) is 18.7 Å². The van der Waals surface area contributed by atoms with Gasteiger partial charge in [0.1, 0.15) is 11.9 Å². The second-order valence-corrected chi connectivity index (χ2v) is 7.67. The molecule has 1 spiro atoms. The molecule has 0 radical (unpaired) electrons. The zero-order valence-corrected chi connectivity index (χ0v) is 14.3. The lowest BCUT2D eigenvalue weighted by molar-refractivity contribution is -0.116. The second kappa shape index (κ2) is 6.99. The van der Waals surface area contributed by atoms with Crippen LogP contribution in [0.15, 0.2) is 18.2 Å². The van der Waals surface area contributed by atoms with Crippen LogP contribution in [-0.2, 0) is 10.6 Å². The van der Waals surface area contributed by atoms with E-state index >= 15 is 0 Å². The molecule has 0 aliphatic carbocycles. The van der Waals surface area contributed by atoms with Crippen molar-refractivity contribution in [2.24, 2.45) is 0 Å². The summed E-state index contributed by atoms with van der Waals surface area (Å²) >= 11 is 14.1. The lowest BCUT2D eigenvalue weighted by atomic mass is 9.86. The Bertz CT molecular complexity index is 484. The molecule has 1 unspecified atom stereocenters. The Labute approximate surface area is 140 Å². The molecule has 1 atom stereocenters. The van der Waals surface area contributed by atoms with Crippen molar-refractivity contribution in [3.05, 3.63) is 28.8 Å². The maximum Gasteiger partial charge on any atom is 0.138 e. The van der Waals surface area contributed by atoms with Gasteiger partial charge in [0.2, 0.25) is 0 Å². The predicted octanol–water partition coefficient (Wildman–Crippen LogP) is 4.90. The number of alkyl halides is 1. The number of hydrogen-bond donors (Lipinski definition) is 0. The summed E-state index contributed by atoms with van der Waals surface area (Å²) in [5, 5.41) is 0.646. The van der Waals surface area contributed by atoms with Crippen molar-refractivity contribution < 1.29 is 9.47 Å². The normalized spacial score (nSPS) is 25.0. The average Bonchev–Trinajstić information content (AvgIpc) is 2.50. The molecule has 1 aromatic rings. The summed E-state index contributed by atoms with van der Waals surface area (Å²) in [6, 6.07) is 5.79. The van der Waals surface area contributed by atoms with Crippen LogP contribution < -0.4 is 4.74 Å². The van der Waals surface area contributed by atoms with Gasteiger partial charge in [0.05, 0.1) is 17.2 Å². The van der Waals surface area contributed by atoms with Crippen LogP contribution in [0.25, 0.3) is 0 Å². The van der Waals surface area contributed by atoms with Crippen LogP contribution in [0.3, 0.4) is 0 Å². The molecule has 2 heterocycles. The Kier molecular flexibility index (Phi) is 5.26. The number of thioether (sulfide) groups is 1. The summed E-state index contributed by atoms with van der Waals surface area (Å²) in [6.45, 7) is 0.784. The van der Waals surface area contributed by atoms with E-state index in [4.69, 9.17) is 32.7 Å². The van der Waals surface area contributed by atoms with Crippen molar-refractivity contribution >= 4 is 35.0 Å². The number of benzene rings is 1. The largest absolute Gasteiger partial charge is 0.489 e. The predicted molar refractivity (Wildman–Crippen MR) is 89.9 cm³/mol. The van der Waals surface area contributed by atoms with Crippen molar-refractivity contribution in [3.8, 4) is 5.75 Å². The molecular formula is C16H20Cl2O2S. The lowest BCUT2D eigenvalue weighted by Crippen LogP contribution is -2.46. The molecule has 3 rings (SSSR count). The first-order valence-electron chi connectivity index (χ1n) is 7.43. The summed E-state index contributed by atoms with van der Waals surface area (Å²) in [7, 11) is 0. The van der Waals surface area contributed by atoms with Crippen LogP contribution in [0, 0.1) is 0 Å². The molecule has 116 valence electrons. The van der Waals surface area contributed by atoms with E-state index in [1.807, 2.05) is 30.0 Å². The zero-order chi connectivity index (χ0) is 14.7. The smallest absolute Gasteiger partial charge is 0.138 e. The van der Waals surface area contributed by atoms with Crippen LogP contribution in [0.2, 0.25) is 5.02 Å². The van der Waals surface area contributed by atoms with Gasteiger partial charge in [-0.15, -0.1) is 11.6 Å². The third kappa shape index (κ3) is 3.82. The van der Waals surface area contributed by atoms with E-state index in [0.717, 1.165) is 43.6 Å². The first-order valence-corrected chi connectivity index (χ1v) is 9.50. The Morgan fingerprint density at radius 1 is 1.33 bits per heavy atom. The van der Waals surface area contributed by atoms with E-state index in [9.17, 15) is 0 Å². The number of ether oxygens (including phenoxy) is 2. The van der Waals surface area contributed by atoms with E-state index in [-0.39, 0.29) is 11.7 Å². The van der Waals surface area contributed by atoms with Gasteiger partial charge in [-0.05, 0) is 42.0 Å². The standard InChI is InChI=1S/C16H20Cl2O2S/c17-11-12-1-2-15(14(18)9-12)20-13-3-6-19-16(10-13)4-7-21-8-5-16/h1-2,9,13H,3-8,10-11H2. The summed E-state index contributed by atoms with van der Waals surface area (Å²) in [5.74, 6) is 3.62. The van der Waals surface area contributed by atoms with E-state index in [1.54, 1.807) is 0 Å². The summed E-state index contributed by atoms with van der Waals surface area (Å²) in [5.41, 5.74) is 1.05. The van der Waals surface area contributed by atoms with Crippen LogP contribution in [0.1, 0.15) is 31.2 Å². The van der Waals surface area contributed by atoms with Gasteiger partial charge < -0.3 is 9.47 Å². The fourth-order valence-electron chi connectivity index (χ4n) is 3.08. The molecule has 2 fully saturated rings. The highest BCUT2D eigenvalue weighted by Gasteiger charge is 2.39. The van der Waals surface area contributed by atoms with Crippen LogP contribution in [0.4, 0.5) is 0 Å². The monoisotopic (exact) mass is 346 g/mol. The molecule has 0 N–H and O–H groups in total. The molecule has 2 nitrogen and oxygen atoms in total. The molecule has 2 aliphatic rings. The lowest BCUT2D eigenvalue weighted by Gasteiger charge is -2.43. The zero-order valence-electron chi connectivity index (χ0n) is 11.9. The Balaban J connectivity index is 1.67. The quantitative estimate of drug-likeness (QED) is 0.725. The second-order valence-electron chi connectivity index (χ2n) is 5.77. The number of halogens is 2. The fourth-order valence-corrected chi connectivity index (χ4v) is 4.73. The van der Waals surface area contributed by atoms with E-state index in [1.165, 1.54) is 11.5 Å². The van der Waals surface area contributed by atoms with Crippen LogP contribution in [-0.4, -0.2) is 29.8 Å². The number of hydrogen-bond acceptors (Lipinski definition) is 3. The van der Waals surface area contributed by atoms with Gasteiger partial charge >= 0.3 is 0 Å². The van der Waals surface area contributed by atoms with Gasteiger partial charge in [-0.1, -0.05) is 17.7 Å². The highest BCUT2D eigenvalue weighted by molar-refractivity contribution is 7.99. The van der Waals surface area contributed by atoms with Crippen LogP contribution in [0.5, 0.6) is 5.75 Å². The molecule has 2 aliphatic heterocycles. The first kappa shape index (κ1) is 15.8. The van der Waals surface area contributed by atoms with Crippen molar-refractivity contribution in [1.82, 2.24) is 0 Å². The minimum atomic E-state index is 0.0384. The average molecular weight is 347 g/mol. The van der Waals surface area contributed by atoms with E-state index in [0.29, 0.717) is 10.9 Å². The molecular weight excluding hydrogens is 327 g/mol. The van der Waals surface area contributed by atoms with Crippen molar-refractivity contribution in [3.63, 3.8) is 0 Å². The Hall–Kier alpha value is -0.0900. The van der Waals surface area contributed by atoms with E-state index < -0.39 is 0 Å². The van der Waals surface area contributed by atoms with Crippen molar-refractivity contribution in [1.29, 1.82) is 0 Å². The SMILES string of the molecule is ClCc1ccc(OC2CCOC3(CCSCC3)C2)c(Cl)c1. The molecule has 0 saturated carbocycles. The molecule has 1 aromatic carbocycles. The van der Waals surface area contributed by atoms with Gasteiger partial charge in [0.25, 0.3) is 0 Å². The number of rotatable bonds is 3. The van der Waals surface area contributed by atoms with Gasteiger partial charge in [-0.25, -0.2) is 0 Å². The fraction of sp³-hybridized carbons (Fsp3) is 0.625. The maximum atomic E-state index is 6.29. The summed E-state index contributed by atoms with van der Waals surface area (Å²) in [4.78, 5) is 0. The summed E-state index contributed by atoms with van der Waals surface area (Å²) in [6.07, 6.45) is 4.37. The van der Waals surface area contributed by atoms with Crippen LogP contribution >= 0.6 is 35.0 Å². The maximum absolute atomic E-state index is 6.29. The van der Waals surface area contributed by atoms with Gasteiger partial charge in [-0.3, -0.25) is 0 Å². The molecule has 0 bridgehead atoms. The van der Waals surface area contributed by atoms with Gasteiger partial charge in [0.15, 0.2) is 0 Å². The Morgan fingerprint density at radius 2 is 2.14 bits per heavy atom. The highest BCUT2D eigenvalue weighted by Crippen LogP contribution is 2.39. The summed E-state index contributed by atoms with van der Waals surface area (Å²) < 4.78 is 12.2. The molecule has 5 heteroatoms. The molecule has 2 saturated heterocycles. The third-order valence-electron chi connectivity index (χ3n) is 4.30. The third-order valence-corrected chi connectivity index (χ3v) is 5.89. The highest BCUT2D eigenvalue weighted by atomic mass is 35.5.